The molecule has 3 aromatic rings. The standard InChI is InChI=1S/C29H33NO6/c1-20-26(35-3)17-24(18-27(20)36-4)29(33)30(14-6-8-21-7-5-9-25(15-21)34-2)19-23-12-10-22(11-13-23)16-28(31)32/h5,7,9-13,15,17-18H,6,8,14,16,19H2,1-4H3,(H,31,32). The van der Waals surface area contributed by atoms with Crippen LogP contribution in [0.4, 0.5) is 0 Å². The van der Waals surface area contributed by atoms with Crippen molar-refractivity contribution >= 4 is 11.9 Å². The Balaban J connectivity index is 1.83. The van der Waals surface area contributed by atoms with Gasteiger partial charge in [-0.25, -0.2) is 0 Å². The first-order chi connectivity index (χ1) is 17.3. The Kier molecular flexibility index (Phi) is 9.33. The molecule has 0 fully saturated rings. The lowest BCUT2D eigenvalue weighted by atomic mass is 10.1. The van der Waals surface area contributed by atoms with Crippen LogP contribution in [0.1, 0.15) is 39.0 Å². The number of carbonyl (C=O) groups is 2. The van der Waals surface area contributed by atoms with Crippen molar-refractivity contribution in [1.82, 2.24) is 4.90 Å². The van der Waals surface area contributed by atoms with E-state index in [1.54, 1.807) is 50.5 Å². The summed E-state index contributed by atoms with van der Waals surface area (Å²) in [7, 11) is 4.78. The number of benzene rings is 3. The van der Waals surface area contributed by atoms with E-state index >= 15 is 0 Å². The lowest BCUT2D eigenvalue weighted by Gasteiger charge is -2.24. The number of carboxylic acid groups (broad SMARTS) is 1. The lowest BCUT2D eigenvalue weighted by Crippen LogP contribution is -2.32. The molecule has 0 radical (unpaired) electrons. The highest BCUT2D eigenvalue weighted by Crippen LogP contribution is 2.30. The predicted octanol–water partition coefficient (Wildman–Crippen LogP) is 4.92. The first kappa shape index (κ1) is 26.6. The van der Waals surface area contributed by atoms with Crippen LogP contribution in [0.2, 0.25) is 0 Å². The molecule has 36 heavy (non-hydrogen) atoms. The molecule has 0 aromatic heterocycles. The molecular weight excluding hydrogens is 458 g/mol. The Labute approximate surface area is 212 Å². The fourth-order valence-electron chi connectivity index (χ4n) is 4.10. The van der Waals surface area contributed by atoms with Crippen LogP contribution < -0.4 is 14.2 Å². The van der Waals surface area contributed by atoms with E-state index in [0.29, 0.717) is 30.2 Å². The smallest absolute Gasteiger partial charge is 0.307 e. The van der Waals surface area contributed by atoms with Gasteiger partial charge < -0.3 is 24.2 Å². The summed E-state index contributed by atoms with van der Waals surface area (Å²) in [5.74, 6) is 0.978. The summed E-state index contributed by atoms with van der Waals surface area (Å²) in [5.41, 5.74) is 4.09. The summed E-state index contributed by atoms with van der Waals surface area (Å²) in [5, 5.41) is 9.03. The van der Waals surface area contributed by atoms with Gasteiger partial charge in [-0.05, 0) is 60.7 Å². The molecule has 0 spiro atoms. The Bertz CT molecular complexity index is 1160. The second kappa shape index (κ2) is 12.6. The zero-order valence-electron chi connectivity index (χ0n) is 21.2. The van der Waals surface area contributed by atoms with Gasteiger partial charge in [0.25, 0.3) is 5.91 Å². The van der Waals surface area contributed by atoms with Gasteiger partial charge in [-0.2, -0.15) is 0 Å². The monoisotopic (exact) mass is 491 g/mol. The molecule has 1 amide bonds. The predicted molar refractivity (Wildman–Crippen MR) is 138 cm³/mol. The van der Waals surface area contributed by atoms with E-state index in [0.717, 1.165) is 40.8 Å². The van der Waals surface area contributed by atoms with Gasteiger partial charge in [0, 0.05) is 24.2 Å². The van der Waals surface area contributed by atoms with Crippen LogP contribution in [0.3, 0.4) is 0 Å². The number of aryl methyl sites for hydroxylation is 1. The molecule has 0 atom stereocenters. The van der Waals surface area contributed by atoms with Crippen LogP contribution in [-0.2, 0) is 24.2 Å². The zero-order chi connectivity index (χ0) is 26.1. The Hall–Kier alpha value is -4.00. The minimum Gasteiger partial charge on any atom is -0.497 e. The molecule has 0 saturated carbocycles. The van der Waals surface area contributed by atoms with Crippen molar-refractivity contribution in [1.29, 1.82) is 0 Å². The third-order valence-corrected chi connectivity index (χ3v) is 6.07. The van der Waals surface area contributed by atoms with E-state index in [1.807, 2.05) is 43.3 Å². The molecule has 7 nitrogen and oxygen atoms in total. The quantitative estimate of drug-likeness (QED) is 0.387. The number of ether oxygens (including phenoxy) is 3. The summed E-state index contributed by atoms with van der Waals surface area (Å²) in [6.07, 6.45) is 1.52. The summed E-state index contributed by atoms with van der Waals surface area (Å²) in [6, 6.07) is 18.7. The summed E-state index contributed by atoms with van der Waals surface area (Å²) < 4.78 is 16.3. The summed E-state index contributed by atoms with van der Waals surface area (Å²) in [4.78, 5) is 26.5. The third kappa shape index (κ3) is 7.01. The number of aliphatic carboxylic acids is 1. The molecule has 0 aliphatic heterocycles. The number of carboxylic acids is 1. The van der Waals surface area contributed by atoms with Gasteiger partial charge in [0.05, 0.1) is 27.8 Å². The molecule has 3 aromatic carbocycles. The Morgan fingerprint density at radius 2 is 1.47 bits per heavy atom. The second-order valence-corrected chi connectivity index (χ2v) is 8.57. The number of nitrogens with zero attached hydrogens (tertiary/aromatic N) is 1. The second-order valence-electron chi connectivity index (χ2n) is 8.57. The Morgan fingerprint density at radius 3 is 2.06 bits per heavy atom. The topological polar surface area (TPSA) is 85.3 Å². The molecule has 0 heterocycles. The van der Waals surface area contributed by atoms with E-state index in [2.05, 4.69) is 0 Å². The van der Waals surface area contributed by atoms with Gasteiger partial charge >= 0.3 is 5.97 Å². The van der Waals surface area contributed by atoms with Gasteiger partial charge in [-0.1, -0.05) is 36.4 Å². The van der Waals surface area contributed by atoms with Crippen molar-refractivity contribution in [3.63, 3.8) is 0 Å². The van der Waals surface area contributed by atoms with Crippen molar-refractivity contribution in [2.75, 3.05) is 27.9 Å². The fraction of sp³-hybridized carbons (Fsp3) is 0.310. The van der Waals surface area contributed by atoms with Crippen molar-refractivity contribution in [3.8, 4) is 17.2 Å². The van der Waals surface area contributed by atoms with E-state index in [9.17, 15) is 9.59 Å². The average Bonchev–Trinajstić information content (AvgIpc) is 2.88. The first-order valence-electron chi connectivity index (χ1n) is 11.8. The number of rotatable bonds is 12. The minimum atomic E-state index is -0.876. The minimum absolute atomic E-state index is 0.0353. The van der Waals surface area contributed by atoms with E-state index < -0.39 is 5.97 Å². The highest BCUT2D eigenvalue weighted by Gasteiger charge is 2.20. The van der Waals surface area contributed by atoms with Crippen molar-refractivity contribution in [3.05, 3.63) is 88.5 Å². The van der Waals surface area contributed by atoms with Gasteiger partial charge in [-0.3, -0.25) is 9.59 Å². The molecule has 0 aliphatic carbocycles. The third-order valence-electron chi connectivity index (χ3n) is 6.07. The molecular formula is C29H33NO6. The molecule has 0 aliphatic rings. The van der Waals surface area contributed by atoms with Crippen molar-refractivity contribution in [2.45, 2.75) is 32.7 Å². The normalized spacial score (nSPS) is 10.6. The number of carbonyl (C=O) groups excluding carboxylic acids is 1. The number of hydrogen-bond donors (Lipinski definition) is 1. The van der Waals surface area contributed by atoms with Gasteiger partial charge in [-0.15, -0.1) is 0 Å². The summed E-state index contributed by atoms with van der Waals surface area (Å²) in [6.45, 7) is 2.81. The average molecular weight is 492 g/mol. The van der Waals surface area contributed by atoms with Crippen LogP contribution in [0, 0.1) is 6.92 Å². The fourth-order valence-corrected chi connectivity index (χ4v) is 4.10. The molecule has 1 N–H and O–H groups in total. The highest BCUT2D eigenvalue weighted by molar-refractivity contribution is 5.95. The molecule has 0 unspecified atom stereocenters. The van der Waals surface area contributed by atoms with Crippen LogP contribution in [-0.4, -0.2) is 49.8 Å². The molecule has 190 valence electrons. The largest absolute Gasteiger partial charge is 0.497 e. The van der Waals surface area contributed by atoms with E-state index in [4.69, 9.17) is 19.3 Å². The van der Waals surface area contributed by atoms with Crippen LogP contribution in [0.15, 0.2) is 60.7 Å². The van der Waals surface area contributed by atoms with Gasteiger partial charge in [0.15, 0.2) is 0 Å². The lowest BCUT2D eigenvalue weighted by molar-refractivity contribution is -0.136. The van der Waals surface area contributed by atoms with Crippen LogP contribution in [0.25, 0.3) is 0 Å². The highest BCUT2D eigenvalue weighted by atomic mass is 16.5. The van der Waals surface area contributed by atoms with Gasteiger partial charge in [0.2, 0.25) is 0 Å². The maximum atomic E-state index is 13.7. The SMILES string of the molecule is COc1cccc(CCCN(Cc2ccc(CC(=O)O)cc2)C(=O)c2cc(OC)c(C)c(OC)c2)c1. The molecule has 0 saturated heterocycles. The zero-order valence-corrected chi connectivity index (χ0v) is 21.2. The van der Waals surface area contributed by atoms with Crippen molar-refractivity contribution < 1.29 is 28.9 Å². The molecule has 7 heteroatoms. The van der Waals surface area contributed by atoms with Crippen LogP contribution in [0.5, 0.6) is 17.2 Å². The maximum Gasteiger partial charge on any atom is 0.307 e. The van der Waals surface area contributed by atoms with Gasteiger partial charge in [0.1, 0.15) is 17.2 Å². The maximum absolute atomic E-state index is 13.7. The van der Waals surface area contributed by atoms with Crippen LogP contribution >= 0.6 is 0 Å². The summed E-state index contributed by atoms with van der Waals surface area (Å²) >= 11 is 0. The molecule has 0 bridgehead atoms. The number of hydrogen-bond acceptors (Lipinski definition) is 5. The van der Waals surface area contributed by atoms with Crippen molar-refractivity contribution in [2.24, 2.45) is 0 Å². The Morgan fingerprint density at radius 1 is 0.833 bits per heavy atom. The number of methoxy groups -OCH3 is 3. The molecule has 3 rings (SSSR count). The van der Waals surface area contributed by atoms with E-state index in [-0.39, 0.29) is 12.3 Å². The van der Waals surface area contributed by atoms with E-state index in [1.165, 1.54) is 0 Å². The number of amides is 1. The first-order valence-corrected chi connectivity index (χ1v) is 11.8.